The van der Waals surface area contributed by atoms with E-state index < -0.39 is 0 Å². The van der Waals surface area contributed by atoms with Crippen LogP contribution in [-0.2, 0) is 5.41 Å². The van der Waals surface area contributed by atoms with Crippen molar-refractivity contribution in [2.24, 2.45) is 0 Å². The first-order chi connectivity index (χ1) is 9.62. The molecule has 0 bridgehead atoms. The molecule has 4 rings (SSSR count). The van der Waals surface area contributed by atoms with Crippen molar-refractivity contribution < 1.29 is 8.78 Å². The third-order valence-electron chi connectivity index (χ3n) is 4.29. The summed E-state index contributed by atoms with van der Waals surface area (Å²) in [6, 6.07) is 11.4. The Bertz CT molecular complexity index is 740. The Balaban J connectivity index is 1.96. The van der Waals surface area contributed by atoms with Crippen LogP contribution in [0, 0.1) is 11.6 Å². The molecule has 0 N–H and O–H groups in total. The smallest absolute Gasteiger partial charge is 0.123 e. The van der Waals surface area contributed by atoms with Crippen LogP contribution in [0.15, 0.2) is 46.9 Å². The summed E-state index contributed by atoms with van der Waals surface area (Å²) in [5, 5.41) is 0. The molecule has 0 amide bonds. The van der Waals surface area contributed by atoms with Crippen molar-refractivity contribution in [1.29, 1.82) is 0 Å². The van der Waals surface area contributed by atoms with E-state index in [1.807, 2.05) is 6.07 Å². The van der Waals surface area contributed by atoms with Gasteiger partial charge in [-0.2, -0.15) is 0 Å². The maximum Gasteiger partial charge on any atom is 0.123 e. The van der Waals surface area contributed by atoms with E-state index in [9.17, 15) is 8.78 Å². The molecule has 0 nitrogen and oxygen atoms in total. The molecule has 1 saturated carbocycles. The number of halogens is 3. The van der Waals surface area contributed by atoms with E-state index in [1.165, 1.54) is 18.2 Å². The third kappa shape index (κ3) is 1.56. The zero-order valence-electron chi connectivity index (χ0n) is 10.6. The lowest BCUT2D eigenvalue weighted by Gasteiger charge is -2.09. The summed E-state index contributed by atoms with van der Waals surface area (Å²) in [6.45, 7) is 0. The van der Waals surface area contributed by atoms with Gasteiger partial charge in [0.15, 0.2) is 0 Å². The fraction of sp³-hybridized carbons (Fsp3) is 0.176. The zero-order chi connectivity index (χ0) is 13.9. The van der Waals surface area contributed by atoms with Gasteiger partial charge in [-0.15, -0.1) is 0 Å². The standard InChI is InChI=1S/C17H11BrF2/c18-16-15(10-1-3-11(19)4-2-10)13-6-5-12(20)9-14(13)17(16)7-8-17/h1-6,9H,7-8H2. The maximum absolute atomic E-state index is 13.6. The van der Waals surface area contributed by atoms with Gasteiger partial charge in [-0.05, 0) is 53.8 Å². The van der Waals surface area contributed by atoms with Crippen LogP contribution in [0.5, 0.6) is 0 Å². The molecule has 0 aliphatic heterocycles. The molecule has 2 aliphatic carbocycles. The number of benzene rings is 2. The Morgan fingerprint density at radius 1 is 0.900 bits per heavy atom. The van der Waals surface area contributed by atoms with Gasteiger partial charge >= 0.3 is 0 Å². The molecule has 0 aromatic heterocycles. The van der Waals surface area contributed by atoms with Crippen LogP contribution in [0.3, 0.4) is 0 Å². The van der Waals surface area contributed by atoms with Gasteiger partial charge in [0.25, 0.3) is 0 Å². The molecule has 0 radical (unpaired) electrons. The lowest BCUT2D eigenvalue weighted by molar-refractivity contribution is 0.623. The van der Waals surface area contributed by atoms with Crippen LogP contribution in [0.2, 0.25) is 0 Å². The van der Waals surface area contributed by atoms with Crippen molar-refractivity contribution in [2.45, 2.75) is 18.3 Å². The molecule has 1 fully saturated rings. The Hall–Kier alpha value is -1.48. The quantitative estimate of drug-likeness (QED) is 0.676. The lowest BCUT2D eigenvalue weighted by atomic mass is 9.96. The number of rotatable bonds is 1. The van der Waals surface area contributed by atoms with Crippen LogP contribution in [0.4, 0.5) is 8.78 Å². The first-order valence-corrected chi connectivity index (χ1v) is 7.38. The summed E-state index contributed by atoms with van der Waals surface area (Å²) in [4.78, 5) is 0. The van der Waals surface area contributed by atoms with E-state index >= 15 is 0 Å². The first kappa shape index (κ1) is 12.3. The molecule has 2 aromatic rings. The fourth-order valence-electron chi connectivity index (χ4n) is 3.12. The van der Waals surface area contributed by atoms with Gasteiger partial charge in [0, 0.05) is 15.5 Å². The summed E-state index contributed by atoms with van der Waals surface area (Å²) in [7, 11) is 0. The highest BCUT2D eigenvalue weighted by atomic mass is 79.9. The molecule has 2 aromatic carbocycles. The SMILES string of the molecule is Fc1ccc(C2=C(Br)C3(CC3)c3cc(F)ccc32)cc1. The molecule has 0 heterocycles. The Kier molecular flexibility index (Phi) is 2.46. The predicted molar refractivity (Wildman–Crippen MR) is 78.7 cm³/mol. The molecule has 0 unspecified atom stereocenters. The zero-order valence-corrected chi connectivity index (χ0v) is 12.2. The van der Waals surface area contributed by atoms with Crippen molar-refractivity contribution in [2.75, 3.05) is 0 Å². The Morgan fingerprint density at radius 2 is 1.55 bits per heavy atom. The minimum absolute atomic E-state index is 0.0405. The molecule has 100 valence electrons. The van der Waals surface area contributed by atoms with E-state index in [2.05, 4.69) is 15.9 Å². The molecule has 20 heavy (non-hydrogen) atoms. The molecule has 2 aliphatic rings. The topological polar surface area (TPSA) is 0 Å². The van der Waals surface area contributed by atoms with E-state index in [4.69, 9.17) is 0 Å². The average molecular weight is 333 g/mol. The predicted octanol–water partition coefficient (Wildman–Crippen LogP) is 5.16. The molecule has 0 saturated heterocycles. The molecule has 1 spiro atoms. The highest BCUT2D eigenvalue weighted by molar-refractivity contribution is 9.12. The van der Waals surface area contributed by atoms with Crippen LogP contribution in [0.25, 0.3) is 5.57 Å². The van der Waals surface area contributed by atoms with Crippen LogP contribution >= 0.6 is 15.9 Å². The summed E-state index contributed by atoms with van der Waals surface area (Å²) < 4.78 is 27.8. The fourth-order valence-corrected chi connectivity index (χ4v) is 4.17. The average Bonchev–Trinajstić information content (AvgIpc) is 3.20. The molecule has 0 atom stereocenters. The van der Waals surface area contributed by atoms with E-state index in [0.717, 1.165) is 39.6 Å². The van der Waals surface area contributed by atoms with Gasteiger partial charge in [0.2, 0.25) is 0 Å². The van der Waals surface area contributed by atoms with E-state index in [-0.39, 0.29) is 17.0 Å². The normalized spacial score (nSPS) is 18.6. The van der Waals surface area contributed by atoms with Gasteiger partial charge in [0.1, 0.15) is 11.6 Å². The van der Waals surface area contributed by atoms with Crippen molar-refractivity contribution in [1.82, 2.24) is 0 Å². The van der Waals surface area contributed by atoms with Crippen LogP contribution in [-0.4, -0.2) is 0 Å². The van der Waals surface area contributed by atoms with Crippen LogP contribution in [0.1, 0.15) is 29.5 Å². The highest BCUT2D eigenvalue weighted by Gasteiger charge is 2.53. The second kappa shape index (κ2) is 4.01. The van der Waals surface area contributed by atoms with Crippen molar-refractivity contribution in [3.63, 3.8) is 0 Å². The second-order valence-electron chi connectivity index (χ2n) is 5.47. The highest BCUT2D eigenvalue weighted by Crippen LogP contribution is 2.64. The minimum Gasteiger partial charge on any atom is -0.207 e. The molecular weight excluding hydrogens is 322 g/mol. The van der Waals surface area contributed by atoms with Gasteiger partial charge in [-0.25, -0.2) is 8.78 Å². The lowest BCUT2D eigenvalue weighted by Crippen LogP contribution is -2.02. The van der Waals surface area contributed by atoms with Gasteiger partial charge in [0.05, 0.1) is 0 Å². The second-order valence-corrected chi connectivity index (χ2v) is 6.26. The largest absolute Gasteiger partial charge is 0.207 e. The van der Waals surface area contributed by atoms with Crippen molar-refractivity contribution in [3.8, 4) is 0 Å². The van der Waals surface area contributed by atoms with Crippen molar-refractivity contribution >= 4 is 21.5 Å². The van der Waals surface area contributed by atoms with Gasteiger partial charge in [-0.3, -0.25) is 0 Å². The Labute approximate surface area is 124 Å². The monoisotopic (exact) mass is 332 g/mol. The summed E-state index contributed by atoms with van der Waals surface area (Å²) >= 11 is 3.71. The molecule has 3 heteroatoms. The number of fused-ring (bicyclic) bond motifs is 2. The van der Waals surface area contributed by atoms with E-state index in [1.54, 1.807) is 18.2 Å². The van der Waals surface area contributed by atoms with Gasteiger partial charge in [-0.1, -0.05) is 34.1 Å². The minimum atomic E-state index is -0.246. The number of hydrogen-bond acceptors (Lipinski definition) is 0. The number of hydrogen-bond donors (Lipinski definition) is 0. The summed E-state index contributed by atoms with van der Waals surface area (Å²) in [6.07, 6.45) is 2.07. The third-order valence-corrected chi connectivity index (χ3v) is 5.44. The summed E-state index contributed by atoms with van der Waals surface area (Å²) in [5.74, 6) is -0.445. The maximum atomic E-state index is 13.6. The van der Waals surface area contributed by atoms with Crippen LogP contribution < -0.4 is 0 Å². The van der Waals surface area contributed by atoms with Crippen molar-refractivity contribution in [3.05, 3.63) is 75.3 Å². The van der Waals surface area contributed by atoms with E-state index in [0.29, 0.717) is 0 Å². The summed E-state index contributed by atoms with van der Waals surface area (Å²) in [5.41, 5.74) is 4.11. The Morgan fingerprint density at radius 3 is 2.20 bits per heavy atom. The molecular formula is C17H11BrF2. The van der Waals surface area contributed by atoms with Gasteiger partial charge < -0.3 is 0 Å². The first-order valence-electron chi connectivity index (χ1n) is 6.58. The number of allylic oxidation sites excluding steroid dienone is 1.